The fourth-order valence-corrected chi connectivity index (χ4v) is 4.88. The van der Waals surface area contributed by atoms with Crippen LogP contribution >= 0.6 is 0 Å². The molecule has 0 saturated carbocycles. The van der Waals surface area contributed by atoms with Crippen molar-refractivity contribution >= 4 is 15.9 Å². The number of aliphatic hydroxyl groups excluding tert-OH is 1. The number of aliphatic hydroxyl groups is 1. The molecule has 0 aromatic heterocycles. The molecular weight excluding hydrogens is 437 g/mol. The van der Waals surface area contributed by atoms with Gasteiger partial charge >= 0.3 is 6.09 Å². The zero-order valence-corrected chi connectivity index (χ0v) is 19.2. The van der Waals surface area contributed by atoms with Gasteiger partial charge in [0.05, 0.1) is 16.4 Å². The zero-order valence-electron chi connectivity index (χ0n) is 18.4. The monoisotopic (exact) mass is 465 g/mol. The fourth-order valence-electron chi connectivity index (χ4n) is 3.58. The summed E-state index contributed by atoms with van der Waals surface area (Å²) in [6.07, 6.45) is 0.258. The van der Waals surface area contributed by atoms with E-state index in [1.807, 2.05) is 0 Å². The smallest absolute Gasteiger partial charge is 0.410 e. The molecule has 0 spiro atoms. The van der Waals surface area contributed by atoms with E-state index in [2.05, 4.69) is 0 Å². The number of benzene rings is 2. The number of hydrogen-bond acceptors (Lipinski definition) is 6. The van der Waals surface area contributed by atoms with Gasteiger partial charge in [-0.05, 0) is 63.1 Å². The lowest BCUT2D eigenvalue weighted by atomic mass is 9.97. The van der Waals surface area contributed by atoms with E-state index in [4.69, 9.17) is 9.47 Å². The molecule has 3 rings (SSSR count). The van der Waals surface area contributed by atoms with E-state index >= 15 is 0 Å². The highest BCUT2D eigenvalue weighted by atomic mass is 32.2. The van der Waals surface area contributed by atoms with E-state index in [0.717, 1.165) is 11.6 Å². The van der Waals surface area contributed by atoms with Gasteiger partial charge < -0.3 is 19.5 Å². The summed E-state index contributed by atoms with van der Waals surface area (Å²) in [5, 5.41) is 9.19. The molecule has 7 nitrogen and oxygen atoms in total. The fraction of sp³-hybridized carbons (Fsp3) is 0.435. The summed E-state index contributed by atoms with van der Waals surface area (Å²) in [4.78, 5) is 13.8. The Morgan fingerprint density at radius 3 is 2.56 bits per heavy atom. The number of carbonyl (C=O) groups excluding carboxylic acids is 1. The Morgan fingerprint density at radius 2 is 1.91 bits per heavy atom. The van der Waals surface area contributed by atoms with Crippen LogP contribution < -0.4 is 4.74 Å². The normalized spacial score (nSPS) is 16.8. The molecule has 1 N–H and O–H groups in total. The van der Waals surface area contributed by atoms with E-state index in [9.17, 15) is 22.7 Å². The van der Waals surface area contributed by atoms with Crippen LogP contribution in [0.3, 0.4) is 0 Å². The SMILES string of the molecule is CC(C)(C)OC(=O)N1CCC(c2ccc(S(=O)(=O)c3cccc(F)c3)cc2OCCO)C1. The predicted octanol–water partition coefficient (Wildman–Crippen LogP) is 3.75. The summed E-state index contributed by atoms with van der Waals surface area (Å²) in [7, 11) is -3.96. The Bertz CT molecular complexity index is 1080. The molecule has 1 saturated heterocycles. The van der Waals surface area contributed by atoms with Crippen molar-refractivity contribution in [3.8, 4) is 5.75 Å². The molecule has 1 heterocycles. The molecule has 9 heteroatoms. The highest BCUT2D eigenvalue weighted by Gasteiger charge is 2.32. The maximum absolute atomic E-state index is 13.6. The minimum absolute atomic E-state index is 0.0149. The zero-order chi connectivity index (χ0) is 23.5. The lowest BCUT2D eigenvalue weighted by Gasteiger charge is -2.24. The van der Waals surface area contributed by atoms with Gasteiger partial charge in [-0.2, -0.15) is 0 Å². The van der Waals surface area contributed by atoms with E-state index in [1.165, 1.54) is 30.3 Å². The molecule has 1 aliphatic heterocycles. The second-order valence-electron chi connectivity index (χ2n) is 8.64. The minimum atomic E-state index is -3.96. The third kappa shape index (κ3) is 5.58. The van der Waals surface area contributed by atoms with Gasteiger partial charge in [0.25, 0.3) is 0 Å². The molecule has 1 unspecified atom stereocenters. The summed E-state index contributed by atoms with van der Waals surface area (Å²) in [6, 6.07) is 9.31. The molecule has 1 atom stereocenters. The van der Waals surface area contributed by atoms with Crippen LogP contribution in [0.15, 0.2) is 52.3 Å². The minimum Gasteiger partial charge on any atom is -0.491 e. The number of rotatable bonds is 6. The highest BCUT2D eigenvalue weighted by molar-refractivity contribution is 7.91. The van der Waals surface area contributed by atoms with Crippen LogP contribution in [0.4, 0.5) is 9.18 Å². The van der Waals surface area contributed by atoms with Gasteiger partial charge in [-0.15, -0.1) is 0 Å². The van der Waals surface area contributed by atoms with Crippen LogP contribution in [0.5, 0.6) is 5.75 Å². The van der Waals surface area contributed by atoms with Gasteiger partial charge in [-0.25, -0.2) is 17.6 Å². The molecule has 2 aromatic rings. The van der Waals surface area contributed by atoms with Crippen molar-refractivity contribution in [1.29, 1.82) is 0 Å². The molecule has 1 fully saturated rings. The van der Waals surface area contributed by atoms with Gasteiger partial charge in [-0.3, -0.25) is 0 Å². The molecule has 0 aliphatic carbocycles. The Balaban J connectivity index is 1.89. The number of likely N-dealkylation sites (tertiary alicyclic amines) is 1. The number of halogens is 1. The topological polar surface area (TPSA) is 93.1 Å². The molecule has 174 valence electrons. The van der Waals surface area contributed by atoms with Gasteiger partial charge in [0.1, 0.15) is 23.8 Å². The second-order valence-corrected chi connectivity index (χ2v) is 10.6. The molecule has 1 aliphatic rings. The quantitative estimate of drug-likeness (QED) is 0.698. The number of ether oxygens (including phenoxy) is 2. The summed E-state index contributed by atoms with van der Waals surface area (Å²) < 4.78 is 50.6. The Morgan fingerprint density at radius 1 is 1.19 bits per heavy atom. The summed E-state index contributed by atoms with van der Waals surface area (Å²) in [6.45, 7) is 6.06. The number of hydrogen-bond donors (Lipinski definition) is 1. The van der Waals surface area contributed by atoms with Gasteiger partial charge in [0, 0.05) is 19.0 Å². The molecule has 32 heavy (non-hydrogen) atoms. The number of amides is 1. The molecule has 2 aromatic carbocycles. The first kappa shape index (κ1) is 24.0. The van der Waals surface area contributed by atoms with Crippen molar-refractivity contribution in [2.45, 2.75) is 48.5 Å². The number of carbonyl (C=O) groups is 1. The Labute approximate surface area is 187 Å². The second kappa shape index (κ2) is 9.46. The van der Waals surface area contributed by atoms with Crippen molar-refractivity contribution in [1.82, 2.24) is 4.90 Å². The lowest BCUT2D eigenvalue weighted by Crippen LogP contribution is -2.35. The van der Waals surface area contributed by atoms with E-state index in [-0.39, 0.29) is 28.9 Å². The summed E-state index contributed by atoms with van der Waals surface area (Å²) in [5.41, 5.74) is 0.139. The summed E-state index contributed by atoms with van der Waals surface area (Å²) in [5.74, 6) is -0.414. The third-order valence-electron chi connectivity index (χ3n) is 5.03. The highest BCUT2D eigenvalue weighted by Crippen LogP contribution is 2.36. The molecular formula is C23H28FNO6S. The average Bonchev–Trinajstić information content (AvgIpc) is 3.21. The molecule has 0 bridgehead atoms. The first-order valence-electron chi connectivity index (χ1n) is 10.4. The number of nitrogens with zero attached hydrogens (tertiary/aromatic N) is 1. The van der Waals surface area contributed by atoms with E-state index in [1.54, 1.807) is 31.7 Å². The maximum atomic E-state index is 13.6. The Hall–Kier alpha value is -2.65. The van der Waals surface area contributed by atoms with Crippen LogP contribution in [0.25, 0.3) is 0 Å². The van der Waals surface area contributed by atoms with Crippen LogP contribution in [0.2, 0.25) is 0 Å². The van der Waals surface area contributed by atoms with Crippen molar-refractivity contribution in [2.24, 2.45) is 0 Å². The van der Waals surface area contributed by atoms with Crippen LogP contribution in [-0.4, -0.2) is 56.4 Å². The van der Waals surface area contributed by atoms with Gasteiger partial charge in [-0.1, -0.05) is 12.1 Å². The lowest BCUT2D eigenvalue weighted by molar-refractivity contribution is 0.0292. The third-order valence-corrected chi connectivity index (χ3v) is 6.78. The van der Waals surface area contributed by atoms with Crippen LogP contribution in [0.1, 0.15) is 38.7 Å². The standard InChI is InChI=1S/C23H28FNO6S/c1-23(2,3)31-22(27)25-10-9-16(15-25)20-8-7-19(14-21(20)30-12-11-26)32(28,29)18-6-4-5-17(24)13-18/h4-8,13-14,16,26H,9-12,15H2,1-3H3. The maximum Gasteiger partial charge on any atom is 0.410 e. The number of sulfone groups is 1. The average molecular weight is 466 g/mol. The van der Waals surface area contributed by atoms with Crippen LogP contribution in [0, 0.1) is 5.82 Å². The van der Waals surface area contributed by atoms with E-state index < -0.39 is 27.3 Å². The molecule has 0 radical (unpaired) electrons. The first-order chi connectivity index (χ1) is 15.0. The van der Waals surface area contributed by atoms with E-state index in [0.29, 0.717) is 25.3 Å². The van der Waals surface area contributed by atoms with Crippen molar-refractivity contribution in [3.05, 3.63) is 53.8 Å². The van der Waals surface area contributed by atoms with Gasteiger partial charge in [0.2, 0.25) is 9.84 Å². The Kier molecular flexibility index (Phi) is 7.09. The van der Waals surface area contributed by atoms with Gasteiger partial charge in [0.15, 0.2) is 0 Å². The summed E-state index contributed by atoms with van der Waals surface area (Å²) >= 11 is 0. The van der Waals surface area contributed by atoms with Crippen LogP contribution in [-0.2, 0) is 14.6 Å². The largest absolute Gasteiger partial charge is 0.491 e. The predicted molar refractivity (Wildman–Crippen MR) is 116 cm³/mol. The first-order valence-corrected chi connectivity index (χ1v) is 11.9. The van der Waals surface area contributed by atoms with Crippen molar-refractivity contribution in [3.63, 3.8) is 0 Å². The molecule has 1 amide bonds. The van der Waals surface area contributed by atoms with Crippen molar-refractivity contribution in [2.75, 3.05) is 26.3 Å². The van der Waals surface area contributed by atoms with Crippen molar-refractivity contribution < 1.29 is 32.2 Å².